The average Bonchev–Trinajstić information content (AvgIpc) is 3.24. The quantitative estimate of drug-likeness (QED) is 0.369. The molecule has 8 nitrogen and oxygen atoms in total. The summed E-state index contributed by atoms with van der Waals surface area (Å²) in [7, 11) is 0. The van der Waals surface area contributed by atoms with Gasteiger partial charge in [0.25, 0.3) is 5.91 Å². The Labute approximate surface area is 172 Å². The van der Waals surface area contributed by atoms with Crippen LogP contribution in [-0.2, 0) is 12.0 Å². The summed E-state index contributed by atoms with van der Waals surface area (Å²) in [6, 6.07) is 13.5. The van der Waals surface area contributed by atoms with Crippen molar-refractivity contribution in [3.05, 3.63) is 71.7 Å². The minimum Gasteiger partial charge on any atom is -0.399 e. The third kappa shape index (κ3) is 3.31. The molecule has 0 unspecified atom stereocenters. The van der Waals surface area contributed by atoms with Crippen molar-refractivity contribution in [2.75, 3.05) is 17.7 Å². The lowest BCUT2D eigenvalue weighted by Crippen LogP contribution is -2.13. The molecule has 0 saturated heterocycles. The predicted octanol–water partition coefficient (Wildman–Crippen LogP) is 2.67. The molecular formula is C22H22N6O2. The zero-order chi connectivity index (χ0) is 20.7. The van der Waals surface area contributed by atoms with Gasteiger partial charge < -0.3 is 16.2 Å². The van der Waals surface area contributed by atoms with Crippen molar-refractivity contribution in [3.63, 3.8) is 0 Å². The molecule has 2 aromatic heterocycles. The van der Waals surface area contributed by atoms with Gasteiger partial charge in [-0.15, -0.1) is 0 Å². The number of nitrogens with two attached hydrogens (primary N) is 1. The second kappa shape index (κ2) is 7.00. The third-order valence-electron chi connectivity index (χ3n) is 5.73. The molecule has 152 valence electrons. The molecule has 1 aliphatic rings. The van der Waals surface area contributed by atoms with Gasteiger partial charge in [0.15, 0.2) is 5.69 Å². The first-order chi connectivity index (χ1) is 14.6. The Hall–Kier alpha value is -3.65. The van der Waals surface area contributed by atoms with Crippen LogP contribution in [0.3, 0.4) is 0 Å². The molecule has 1 aliphatic carbocycles. The molecule has 1 saturated carbocycles. The van der Waals surface area contributed by atoms with Crippen LogP contribution >= 0.6 is 0 Å². The number of nitrogen functional groups attached to an aromatic ring is 1. The van der Waals surface area contributed by atoms with Crippen molar-refractivity contribution in [2.45, 2.75) is 24.8 Å². The molecule has 2 aromatic carbocycles. The third-order valence-corrected chi connectivity index (χ3v) is 5.73. The highest BCUT2D eigenvalue weighted by atomic mass is 16.3. The Morgan fingerprint density at radius 2 is 2.13 bits per heavy atom. The molecule has 0 aliphatic heterocycles. The molecule has 30 heavy (non-hydrogen) atoms. The molecule has 5 N–H and O–H groups in total. The minimum atomic E-state index is -0.309. The fraction of sp³-hybridized carbons (Fsp3) is 0.227. The van der Waals surface area contributed by atoms with E-state index >= 15 is 0 Å². The lowest BCUT2D eigenvalue weighted by atomic mass is 9.95. The van der Waals surface area contributed by atoms with Crippen LogP contribution in [0.4, 0.5) is 11.4 Å². The van der Waals surface area contributed by atoms with Crippen molar-refractivity contribution >= 4 is 28.2 Å². The van der Waals surface area contributed by atoms with E-state index in [9.17, 15) is 9.90 Å². The van der Waals surface area contributed by atoms with E-state index in [1.807, 2.05) is 42.5 Å². The molecule has 0 spiro atoms. The van der Waals surface area contributed by atoms with E-state index in [4.69, 9.17) is 5.73 Å². The van der Waals surface area contributed by atoms with Crippen LogP contribution in [0.5, 0.6) is 0 Å². The zero-order valence-electron chi connectivity index (χ0n) is 16.3. The van der Waals surface area contributed by atoms with Crippen molar-refractivity contribution in [3.8, 4) is 0 Å². The van der Waals surface area contributed by atoms with Crippen LogP contribution in [0.15, 0.2) is 54.9 Å². The molecule has 0 atom stereocenters. The number of aliphatic hydroxyl groups is 1. The highest BCUT2D eigenvalue weighted by molar-refractivity contribution is 6.11. The van der Waals surface area contributed by atoms with Gasteiger partial charge in [0.2, 0.25) is 0 Å². The van der Waals surface area contributed by atoms with E-state index in [0.717, 1.165) is 34.9 Å². The van der Waals surface area contributed by atoms with Crippen LogP contribution in [0.2, 0.25) is 0 Å². The molecule has 0 radical (unpaired) electrons. The van der Waals surface area contributed by atoms with Gasteiger partial charge in [-0.3, -0.25) is 14.6 Å². The van der Waals surface area contributed by atoms with Gasteiger partial charge in [-0.2, -0.15) is 10.2 Å². The number of hydrogen-bond donors (Lipinski definition) is 4. The van der Waals surface area contributed by atoms with Crippen LogP contribution in [0, 0.1) is 0 Å². The summed E-state index contributed by atoms with van der Waals surface area (Å²) >= 11 is 0. The molecule has 1 fully saturated rings. The summed E-state index contributed by atoms with van der Waals surface area (Å²) in [6.07, 6.45) is 5.29. The van der Waals surface area contributed by atoms with E-state index < -0.39 is 0 Å². The number of amides is 1. The Balaban J connectivity index is 1.35. The first kappa shape index (κ1) is 18.4. The first-order valence-corrected chi connectivity index (χ1v) is 9.84. The lowest BCUT2D eigenvalue weighted by Gasteiger charge is -2.12. The van der Waals surface area contributed by atoms with Crippen molar-refractivity contribution in [2.24, 2.45) is 0 Å². The smallest absolute Gasteiger partial charge is 0.276 e. The number of aromatic amines is 1. The number of rotatable bonds is 6. The molecule has 4 aromatic rings. The van der Waals surface area contributed by atoms with Gasteiger partial charge in [0.1, 0.15) is 0 Å². The number of H-pyrrole nitrogens is 1. The van der Waals surface area contributed by atoms with Crippen molar-refractivity contribution < 1.29 is 9.90 Å². The topological polar surface area (TPSA) is 122 Å². The van der Waals surface area contributed by atoms with E-state index in [1.54, 1.807) is 17.1 Å². The summed E-state index contributed by atoms with van der Waals surface area (Å²) in [4.78, 5) is 12.9. The fourth-order valence-electron chi connectivity index (χ4n) is 3.79. The Bertz CT molecular complexity index is 1240. The predicted molar refractivity (Wildman–Crippen MR) is 114 cm³/mol. The molecule has 8 heteroatoms. The molecule has 2 heterocycles. The van der Waals surface area contributed by atoms with E-state index in [1.165, 1.54) is 0 Å². The lowest BCUT2D eigenvalue weighted by molar-refractivity contribution is 0.102. The summed E-state index contributed by atoms with van der Waals surface area (Å²) < 4.78 is 1.74. The first-order valence-electron chi connectivity index (χ1n) is 9.84. The summed E-state index contributed by atoms with van der Waals surface area (Å²) in [5.74, 6) is -0.309. The van der Waals surface area contributed by atoms with Gasteiger partial charge >= 0.3 is 0 Å². The largest absolute Gasteiger partial charge is 0.399 e. The minimum absolute atomic E-state index is 0.115. The Morgan fingerprint density at radius 3 is 2.90 bits per heavy atom. The number of nitrogens with one attached hydrogen (secondary N) is 2. The van der Waals surface area contributed by atoms with Crippen molar-refractivity contribution in [1.29, 1.82) is 0 Å². The maximum absolute atomic E-state index is 12.9. The van der Waals surface area contributed by atoms with Gasteiger partial charge in [-0.1, -0.05) is 18.2 Å². The molecule has 5 rings (SSSR count). The number of carbonyl (C=O) groups is 1. The maximum Gasteiger partial charge on any atom is 0.276 e. The monoisotopic (exact) mass is 402 g/mol. The number of carbonyl (C=O) groups excluding carboxylic acids is 1. The number of aliphatic hydroxyl groups excluding tert-OH is 1. The number of hydrogen-bond acceptors (Lipinski definition) is 5. The van der Waals surface area contributed by atoms with Gasteiger partial charge in [-0.25, -0.2) is 0 Å². The van der Waals surface area contributed by atoms with E-state index in [0.29, 0.717) is 23.6 Å². The Kier molecular flexibility index (Phi) is 4.29. The number of anilines is 2. The van der Waals surface area contributed by atoms with Crippen LogP contribution in [-0.4, -0.2) is 37.6 Å². The Morgan fingerprint density at radius 1 is 1.27 bits per heavy atom. The molecular weight excluding hydrogens is 380 g/mol. The zero-order valence-corrected chi connectivity index (χ0v) is 16.3. The second-order valence-electron chi connectivity index (χ2n) is 7.90. The number of fused-ring (bicyclic) bond motifs is 1. The number of aromatic nitrogens is 4. The second-order valence-corrected chi connectivity index (χ2v) is 7.90. The fourth-order valence-corrected chi connectivity index (χ4v) is 3.79. The van der Waals surface area contributed by atoms with Crippen LogP contribution in [0.25, 0.3) is 10.9 Å². The molecule has 1 amide bonds. The average molecular weight is 402 g/mol. The standard InChI is InChI=1S/C22H22N6O2/c23-16-3-1-2-14(8-16)11-28-12-17(10-24-28)25-21(30)20-18-9-15(22(13-29)6-7-22)4-5-19(18)26-27-20/h1-5,8-10,12,29H,6-7,11,13,23H2,(H,25,30)(H,26,27). The number of benzene rings is 2. The maximum atomic E-state index is 12.9. The van der Waals surface area contributed by atoms with Gasteiger partial charge in [-0.05, 0) is 48.2 Å². The summed E-state index contributed by atoms with van der Waals surface area (Å²) in [5.41, 5.74) is 10.1. The summed E-state index contributed by atoms with van der Waals surface area (Å²) in [6.45, 7) is 0.670. The summed E-state index contributed by atoms with van der Waals surface area (Å²) in [5, 5.41) is 24.7. The van der Waals surface area contributed by atoms with Crippen molar-refractivity contribution in [1.82, 2.24) is 20.0 Å². The van der Waals surface area contributed by atoms with E-state index in [-0.39, 0.29) is 17.9 Å². The molecule has 0 bridgehead atoms. The number of nitrogens with zero attached hydrogens (tertiary/aromatic N) is 3. The van der Waals surface area contributed by atoms with Crippen LogP contribution < -0.4 is 11.1 Å². The van der Waals surface area contributed by atoms with E-state index in [2.05, 4.69) is 20.6 Å². The van der Waals surface area contributed by atoms with Crippen LogP contribution in [0.1, 0.15) is 34.5 Å². The normalized spacial score (nSPS) is 14.7. The SMILES string of the molecule is Nc1cccc(Cn2cc(NC(=O)c3n[nH]c4ccc(C5(CO)CC5)cc34)cn2)c1. The van der Waals surface area contributed by atoms with Gasteiger partial charge in [0, 0.05) is 22.7 Å². The highest BCUT2D eigenvalue weighted by Crippen LogP contribution is 2.48. The van der Waals surface area contributed by atoms with Gasteiger partial charge in [0.05, 0.1) is 30.6 Å². The highest BCUT2D eigenvalue weighted by Gasteiger charge is 2.43.